The number of ether oxygens (including phenoxy) is 1. The Kier molecular flexibility index (Phi) is 4.94. The molecule has 0 bridgehead atoms. The average molecular weight is 378 g/mol. The molecule has 1 aliphatic heterocycles. The second-order valence-electron chi connectivity index (χ2n) is 5.27. The van der Waals surface area contributed by atoms with Crippen molar-refractivity contribution < 1.29 is 19.2 Å². The number of alkyl halides is 1. The van der Waals surface area contributed by atoms with Crippen molar-refractivity contribution in [2.24, 2.45) is 0 Å². The van der Waals surface area contributed by atoms with E-state index >= 15 is 0 Å². The van der Waals surface area contributed by atoms with Crippen LogP contribution < -0.4 is 10.2 Å². The van der Waals surface area contributed by atoms with Gasteiger partial charge in [0, 0.05) is 24.5 Å². The van der Waals surface area contributed by atoms with E-state index in [9.17, 15) is 19.7 Å². The highest BCUT2D eigenvalue weighted by atomic mass is 35.5. The van der Waals surface area contributed by atoms with Crippen molar-refractivity contribution in [3.05, 3.63) is 58.5 Å². The molecule has 1 aromatic heterocycles. The molecule has 1 aromatic carbocycles. The molecule has 0 spiro atoms. The lowest BCUT2D eigenvalue weighted by Gasteiger charge is -2.43. The summed E-state index contributed by atoms with van der Waals surface area (Å²) >= 11 is 6.02. The van der Waals surface area contributed by atoms with Gasteiger partial charge in [-0.3, -0.25) is 30.1 Å². The fourth-order valence-electron chi connectivity index (χ4n) is 2.38. The van der Waals surface area contributed by atoms with Crippen LogP contribution in [0.4, 0.5) is 5.69 Å². The molecule has 1 fully saturated rings. The van der Waals surface area contributed by atoms with E-state index in [1.165, 1.54) is 36.8 Å². The molecule has 2 unspecified atom stereocenters. The van der Waals surface area contributed by atoms with Crippen LogP contribution >= 0.6 is 11.6 Å². The van der Waals surface area contributed by atoms with Gasteiger partial charge in [-0.25, -0.2) is 9.99 Å². The summed E-state index contributed by atoms with van der Waals surface area (Å²) in [6.07, 6.45) is 4.20. The Hall–Kier alpha value is -3.27. The first-order valence-electron chi connectivity index (χ1n) is 7.37. The SMILES string of the molecule is O=C(COc1cnccn1)NN1C(=O)C(Cl)C1c1cccc([N+](=O)[O-])c1. The summed E-state index contributed by atoms with van der Waals surface area (Å²) in [4.78, 5) is 41.9. The van der Waals surface area contributed by atoms with Gasteiger partial charge in [0.1, 0.15) is 11.4 Å². The number of aromatic nitrogens is 2. The zero-order valence-electron chi connectivity index (χ0n) is 13.1. The molecule has 1 saturated heterocycles. The van der Waals surface area contributed by atoms with Crippen LogP contribution in [0.15, 0.2) is 42.9 Å². The second-order valence-corrected chi connectivity index (χ2v) is 5.74. The van der Waals surface area contributed by atoms with E-state index in [-0.39, 0.29) is 11.6 Å². The molecular formula is C15H12ClN5O5. The first-order valence-corrected chi connectivity index (χ1v) is 7.81. The number of rotatable bonds is 6. The van der Waals surface area contributed by atoms with Crippen LogP contribution in [0, 0.1) is 10.1 Å². The molecule has 134 valence electrons. The molecule has 10 nitrogen and oxygen atoms in total. The van der Waals surface area contributed by atoms with Gasteiger partial charge >= 0.3 is 0 Å². The molecule has 0 radical (unpaired) electrons. The molecule has 0 aliphatic carbocycles. The number of carbonyl (C=O) groups excluding carboxylic acids is 2. The number of β-lactam (4-membered cyclic amide) rings is 1. The van der Waals surface area contributed by atoms with Crippen LogP contribution in [0.2, 0.25) is 0 Å². The number of carbonyl (C=O) groups is 2. The normalized spacial score (nSPS) is 18.8. The number of nitro benzene ring substituents is 1. The summed E-state index contributed by atoms with van der Waals surface area (Å²) in [5.41, 5.74) is 2.68. The number of non-ortho nitro benzene ring substituents is 1. The predicted molar refractivity (Wildman–Crippen MR) is 88.0 cm³/mol. The van der Waals surface area contributed by atoms with Gasteiger partial charge in [0.25, 0.3) is 17.5 Å². The lowest BCUT2D eigenvalue weighted by Crippen LogP contribution is -2.63. The third kappa shape index (κ3) is 3.54. The largest absolute Gasteiger partial charge is 0.466 e. The van der Waals surface area contributed by atoms with Crippen LogP contribution in [0.25, 0.3) is 0 Å². The van der Waals surface area contributed by atoms with Crippen LogP contribution in [0.5, 0.6) is 5.88 Å². The van der Waals surface area contributed by atoms with Gasteiger partial charge < -0.3 is 4.74 Å². The molecule has 11 heteroatoms. The number of nitrogens with one attached hydrogen (secondary N) is 1. The monoisotopic (exact) mass is 377 g/mol. The van der Waals surface area contributed by atoms with Gasteiger partial charge in [-0.15, -0.1) is 11.6 Å². The highest BCUT2D eigenvalue weighted by Gasteiger charge is 2.48. The van der Waals surface area contributed by atoms with Crippen molar-refractivity contribution in [3.63, 3.8) is 0 Å². The maximum atomic E-state index is 12.0. The topological polar surface area (TPSA) is 128 Å². The molecule has 1 N–H and O–H groups in total. The molecule has 2 atom stereocenters. The van der Waals surface area contributed by atoms with Gasteiger partial charge in [0.2, 0.25) is 5.88 Å². The van der Waals surface area contributed by atoms with E-state index in [0.717, 1.165) is 5.01 Å². The Morgan fingerprint density at radius 3 is 2.92 bits per heavy atom. The van der Waals surface area contributed by atoms with E-state index in [1.54, 1.807) is 6.07 Å². The van der Waals surface area contributed by atoms with Gasteiger partial charge in [0.05, 0.1) is 11.1 Å². The van der Waals surface area contributed by atoms with Crippen LogP contribution in [0.1, 0.15) is 11.6 Å². The zero-order chi connectivity index (χ0) is 18.7. The Labute approximate surface area is 151 Å². The molecular weight excluding hydrogens is 366 g/mol. The Bertz CT molecular complexity index is 849. The minimum absolute atomic E-state index is 0.136. The summed E-state index contributed by atoms with van der Waals surface area (Å²) in [6, 6.07) is 4.99. The van der Waals surface area contributed by atoms with Crippen LogP contribution in [0.3, 0.4) is 0 Å². The average Bonchev–Trinajstić information content (AvgIpc) is 2.66. The quantitative estimate of drug-likeness (QED) is 0.344. The number of halogens is 1. The van der Waals surface area contributed by atoms with E-state index in [4.69, 9.17) is 16.3 Å². The van der Waals surface area contributed by atoms with Gasteiger partial charge in [-0.05, 0) is 5.56 Å². The number of hydrogen-bond donors (Lipinski definition) is 1. The summed E-state index contributed by atoms with van der Waals surface area (Å²) in [6.45, 7) is -0.392. The summed E-state index contributed by atoms with van der Waals surface area (Å²) in [5.74, 6) is -0.970. The molecule has 2 heterocycles. The second kappa shape index (κ2) is 7.31. The number of benzene rings is 1. The number of hydrazine groups is 1. The summed E-state index contributed by atoms with van der Waals surface area (Å²) in [5, 5.41) is 11.0. The van der Waals surface area contributed by atoms with E-state index in [1.807, 2.05) is 0 Å². The minimum Gasteiger partial charge on any atom is -0.466 e. The minimum atomic E-state index is -0.932. The summed E-state index contributed by atoms with van der Waals surface area (Å²) < 4.78 is 5.14. The van der Waals surface area contributed by atoms with Crippen molar-refractivity contribution in [2.45, 2.75) is 11.4 Å². The number of hydrogen-bond acceptors (Lipinski definition) is 7. The fourth-order valence-corrected chi connectivity index (χ4v) is 2.75. The lowest BCUT2D eigenvalue weighted by atomic mass is 9.95. The Morgan fingerprint density at radius 1 is 1.42 bits per heavy atom. The third-order valence-electron chi connectivity index (χ3n) is 3.59. The van der Waals surface area contributed by atoms with Crippen molar-refractivity contribution in [1.82, 2.24) is 20.4 Å². The van der Waals surface area contributed by atoms with Crippen molar-refractivity contribution in [2.75, 3.05) is 6.61 Å². The fraction of sp³-hybridized carbons (Fsp3) is 0.200. The zero-order valence-corrected chi connectivity index (χ0v) is 13.9. The number of nitro groups is 1. The Morgan fingerprint density at radius 2 is 2.23 bits per heavy atom. The van der Waals surface area contributed by atoms with E-state index in [2.05, 4.69) is 15.4 Å². The molecule has 3 rings (SSSR count). The molecule has 1 aliphatic rings. The first kappa shape index (κ1) is 17.5. The number of amides is 2. The first-order chi connectivity index (χ1) is 12.5. The van der Waals surface area contributed by atoms with E-state index < -0.39 is 34.8 Å². The smallest absolute Gasteiger partial charge is 0.276 e. The maximum absolute atomic E-state index is 12.0. The molecule has 26 heavy (non-hydrogen) atoms. The maximum Gasteiger partial charge on any atom is 0.276 e. The van der Waals surface area contributed by atoms with Crippen LogP contribution in [-0.4, -0.2) is 43.7 Å². The summed E-state index contributed by atoms with van der Waals surface area (Å²) in [7, 11) is 0. The molecule has 0 saturated carbocycles. The van der Waals surface area contributed by atoms with Crippen molar-refractivity contribution >= 4 is 29.1 Å². The van der Waals surface area contributed by atoms with Gasteiger partial charge in [0.15, 0.2) is 6.61 Å². The molecule has 2 aromatic rings. The lowest BCUT2D eigenvalue weighted by molar-refractivity contribution is -0.385. The van der Waals surface area contributed by atoms with Gasteiger partial charge in [-0.1, -0.05) is 12.1 Å². The standard InChI is InChI=1S/C15H12ClN5O5/c16-13-14(9-2-1-3-10(6-9)21(24)25)20(15(13)23)19-11(22)8-26-12-7-17-4-5-18-12/h1-7,13-14H,8H2,(H,19,22). The molecule has 2 amide bonds. The van der Waals surface area contributed by atoms with Crippen LogP contribution in [-0.2, 0) is 9.59 Å². The van der Waals surface area contributed by atoms with Crippen molar-refractivity contribution in [3.8, 4) is 5.88 Å². The number of nitrogens with zero attached hydrogens (tertiary/aromatic N) is 4. The third-order valence-corrected chi connectivity index (χ3v) is 4.01. The Balaban J connectivity index is 1.66. The van der Waals surface area contributed by atoms with Gasteiger partial charge in [-0.2, -0.15) is 0 Å². The van der Waals surface area contributed by atoms with E-state index in [0.29, 0.717) is 5.56 Å². The van der Waals surface area contributed by atoms with Crippen molar-refractivity contribution in [1.29, 1.82) is 0 Å². The highest BCUT2D eigenvalue weighted by molar-refractivity contribution is 6.33. The predicted octanol–water partition coefficient (Wildman–Crippen LogP) is 0.986. The highest BCUT2D eigenvalue weighted by Crippen LogP contribution is 2.38.